The van der Waals surface area contributed by atoms with Gasteiger partial charge in [-0.15, -0.1) is 0 Å². The number of benzene rings is 1. The largest absolute Gasteiger partial charge is 0.444 e. The Kier molecular flexibility index (Phi) is 9.22. The minimum Gasteiger partial charge on any atom is -0.444 e. The molecule has 3 heterocycles. The first-order valence-corrected chi connectivity index (χ1v) is 13.7. The minimum absolute atomic E-state index is 0.0788. The highest BCUT2D eigenvalue weighted by Gasteiger charge is 2.32. The second-order valence-corrected chi connectivity index (χ2v) is 11.4. The summed E-state index contributed by atoms with van der Waals surface area (Å²) in [5, 5.41) is 7.36. The predicted octanol–water partition coefficient (Wildman–Crippen LogP) is 3.63. The molecular weight excluding hydrogens is 506 g/mol. The van der Waals surface area contributed by atoms with E-state index in [1.54, 1.807) is 4.90 Å². The molecule has 1 aromatic carbocycles. The summed E-state index contributed by atoms with van der Waals surface area (Å²) < 4.78 is 35.3. The third-order valence-corrected chi connectivity index (χ3v) is 7.25. The summed E-state index contributed by atoms with van der Waals surface area (Å²) in [7, 11) is 2.12. The molecule has 0 radical (unpaired) electrons. The molecule has 2 aliphatic rings. The standard InChI is InChI=1S/C28H40F2N6O3/c1-28(2,3)39-27(38)35-12-8-20(9-13-35)25-22(19-32-36(25)24-7-6-21(29)18-23(24)30)26(37)31-10-5-11-34-16-14-33(4)15-17-34/h6-7,18-20H,5,8-17H2,1-4H3,(H,31,37). The number of piperidine rings is 1. The highest BCUT2D eigenvalue weighted by molar-refractivity contribution is 5.95. The Morgan fingerprint density at radius 1 is 1.08 bits per heavy atom. The van der Waals surface area contributed by atoms with Gasteiger partial charge >= 0.3 is 6.09 Å². The smallest absolute Gasteiger partial charge is 0.410 e. The number of amides is 2. The van der Waals surface area contributed by atoms with E-state index < -0.39 is 17.2 Å². The van der Waals surface area contributed by atoms with Crippen LogP contribution in [0.4, 0.5) is 13.6 Å². The topological polar surface area (TPSA) is 82.9 Å². The molecule has 11 heteroatoms. The fourth-order valence-corrected chi connectivity index (χ4v) is 5.10. The second kappa shape index (κ2) is 12.4. The van der Waals surface area contributed by atoms with Crippen LogP contribution in [0, 0.1) is 11.6 Å². The van der Waals surface area contributed by atoms with Gasteiger partial charge in [0.2, 0.25) is 0 Å². The Hall–Kier alpha value is -3.05. The molecule has 0 bridgehead atoms. The van der Waals surface area contributed by atoms with Crippen molar-refractivity contribution in [2.24, 2.45) is 0 Å². The highest BCUT2D eigenvalue weighted by atomic mass is 19.1. The van der Waals surface area contributed by atoms with Crippen molar-refractivity contribution in [2.45, 2.75) is 51.6 Å². The molecule has 0 aliphatic carbocycles. The van der Waals surface area contributed by atoms with Crippen LogP contribution in [0.3, 0.4) is 0 Å². The zero-order chi connectivity index (χ0) is 28.2. The first kappa shape index (κ1) is 28.9. The molecule has 1 aromatic heterocycles. The van der Waals surface area contributed by atoms with Crippen molar-refractivity contribution in [1.29, 1.82) is 0 Å². The van der Waals surface area contributed by atoms with Crippen LogP contribution in [-0.2, 0) is 4.74 Å². The molecule has 0 atom stereocenters. The summed E-state index contributed by atoms with van der Waals surface area (Å²) in [6, 6.07) is 3.31. The zero-order valence-electron chi connectivity index (χ0n) is 23.4. The van der Waals surface area contributed by atoms with Gasteiger partial charge in [-0.1, -0.05) is 0 Å². The van der Waals surface area contributed by atoms with Gasteiger partial charge in [-0.05, 0) is 65.8 Å². The number of aromatic nitrogens is 2. The quantitative estimate of drug-likeness (QED) is 0.534. The average Bonchev–Trinajstić information content (AvgIpc) is 3.31. The van der Waals surface area contributed by atoms with Crippen molar-refractivity contribution in [1.82, 2.24) is 29.8 Å². The van der Waals surface area contributed by atoms with E-state index in [0.717, 1.165) is 45.2 Å². The second-order valence-electron chi connectivity index (χ2n) is 11.4. The Morgan fingerprint density at radius 2 is 1.77 bits per heavy atom. The van der Waals surface area contributed by atoms with Gasteiger partial charge in [-0.3, -0.25) is 4.79 Å². The van der Waals surface area contributed by atoms with Crippen molar-refractivity contribution < 1.29 is 23.1 Å². The maximum atomic E-state index is 14.8. The van der Waals surface area contributed by atoms with E-state index in [2.05, 4.69) is 27.3 Å². The van der Waals surface area contributed by atoms with Crippen LogP contribution in [-0.4, -0.2) is 101 Å². The summed E-state index contributed by atoms with van der Waals surface area (Å²) in [6.45, 7) is 11.9. The number of piperazine rings is 1. The Balaban J connectivity index is 1.47. The number of ether oxygens (including phenoxy) is 1. The van der Waals surface area contributed by atoms with Gasteiger partial charge in [0.25, 0.3) is 5.91 Å². The predicted molar refractivity (Wildman–Crippen MR) is 144 cm³/mol. The molecule has 2 amide bonds. The molecule has 2 saturated heterocycles. The number of likely N-dealkylation sites (N-methyl/N-ethyl adjacent to an activating group) is 1. The zero-order valence-corrected chi connectivity index (χ0v) is 23.4. The van der Waals surface area contributed by atoms with Crippen molar-refractivity contribution in [3.05, 3.63) is 47.3 Å². The Morgan fingerprint density at radius 3 is 2.41 bits per heavy atom. The first-order chi connectivity index (χ1) is 18.5. The number of nitrogens with one attached hydrogen (secondary N) is 1. The van der Waals surface area contributed by atoms with Gasteiger partial charge in [-0.25, -0.2) is 18.3 Å². The van der Waals surface area contributed by atoms with Crippen LogP contribution in [0.1, 0.15) is 62.0 Å². The molecule has 214 valence electrons. The van der Waals surface area contributed by atoms with Gasteiger partial charge in [0.15, 0.2) is 5.82 Å². The number of carbonyl (C=O) groups is 2. The fraction of sp³-hybridized carbons (Fsp3) is 0.607. The van der Waals surface area contributed by atoms with Gasteiger partial charge in [0.1, 0.15) is 17.1 Å². The molecule has 4 rings (SSSR count). The number of hydrogen-bond donors (Lipinski definition) is 1. The summed E-state index contributed by atoms with van der Waals surface area (Å²) in [5.74, 6) is -1.87. The van der Waals surface area contributed by atoms with E-state index in [1.165, 1.54) is 23.0 Å². The molecule has 0 unspecified atom stereocenters. The number of rotatable bonds is 7. The van der Waals surface area contributed by atoms with E-state index in [9.17, 15) is 18.4 Å². The lowest BCUT2D eigenvalue weighted by Gasteiger charge is -2.34. The monoisotopic (exact) mass is 546 g/mol. The molecular formula is C28H40F2N6O3. The molecule has 0 spiro atoms. The van der Waals surface area contributed by atoms with Crippen LogP contribution in [0.2, 0.25) is 0 Å². The van der Waals surface area contributed by atoms with E-state index in [1.807, 2.05) is 20.8 Å². The first-order valence-electron chi connectivity index (χ1n) is 13.7. The highest BCUT2D eigenvalue weighted by Crippen LogP contribution is 2.33. The van der Waals surface area contributed by atoms with Gasteiger partial charge < -0.3 is 24.8 Å². The number of halogens is 2. The summed E-state index contributed by atoms with van der Waals surface area (Å²) in [5.41, 5.74) is 0.424. The summed E-state index contributed by atoms with van der Waals surface area (Å²) in [6.07, 6.45) is 3.00. The van der Waals surface area contributed by atoms with E-state index in [0.29, 0.717) is 43.7 Å². The van der Waals surface area contributed by atoms with Crippen molar-refractivity contribution in [2.75, 3.05) is 59.4 Å². The lowest BCUT2D eigenvalue weighted by Crippen LogP contribution is -2.45. The number of hydrogen-bond acceptors (Lipinski definition) is 6. The molecule has 39 heavy (non-hydrogen) atoms. The Bertz CT molecular complexity index is 1150. The lowest BCUT2D eigenvalue weighted by atomic mass is 9.90. The molecule has 2 aliphatic heterocycles. The van der Waals surface area contributed by atoms with Crippen LogP contribution in [0.5, 0.6) is 0 Å². The van der Waals surface area contributed by atoms with Crippen LogP contribution in [0.15, 0.2) is 24.4 Å². The fourth-order valence-electron chi connectivity index (χ4n) is 5.10. The normalized spacial score (nSPS) is 17.8. The van der Waals surface area contributed by atoms with Crippen LogP contribution in [0.25, 0.3) is 5.69 Å². The van der Waals surface area contributed by atoms with Gasteiger partial charge in [-0.2, -0.15) is 5.10 Å². The minimum atomic E-state index is -0.760. The van der Waals surface area contributed by atoms with E-state index in [4.69, 9.17) is 4.74 Å². The van der Waals surface area contributed by atoms with Crippen molar-refractivity contribution in [3.63, 3.8) is 0 Å². The molecule has 0 saturated carbocycles. The molecule has 9 nitrogen and oxygen atoms in total. The van der Waals surface area contributed by atoms with E-state index >= 15 is 0 Å². The summed E-state index contributed by atoms with van der Waals surface area (Å²) in [4.78, 5) is 32.2. The van der Waals surface area contributed by atoms with E-state index in [-0.39, 0.29) is 23.6 Å². The molecule has 1 N–H and O–H groups in total. The third-order valence-electron chi connectivity index (χ3n) is 7.25. The summed E-state index contributed by atoms with van der Waals surface area (Å²) >= 11 is 0. The maximum absolute atomic E-state index is 14.8. The van der Waals surface area contributed by atoms with Gasteiger partial charge in [0.05, 0.1) is 17.5 Å². The number of likely N-dealkylation sites (tertiary alicyclic amines) is 1. The van der Waals surface area contributed by atoms with Gasteiger partial charge in [0, 0.05) is 57.8 Å². The van der Waals surface area contributed by atoms with Crippen LogP contribution >= 0.6 is 0 Å². The van der Waals surface area contributed by atoms with Crippen molar-refractivity contribution in [3.8, 4) is 5.69 Å². The lowest BCUT2D eigenvalue weighted by molar-refractivity contribution is 0.0203. The number of carbonyl (C=O) groups excluding carboxylic acids is 2. The Labute approximate surface area is 229 Å². The maximum Gasteiger partial charge on any atom is 0.410 e. The molecule has 2 fully saturated rings. The van der Waals surface area contributed by atoms with Crippen molar-refractivity contribution >= 4 is 12.0 Å². The van der Waals surface area contributed by atoms with Crippen LogP contribution < -0.4 is 5.32 Å². The third kappa shape index (κ3) is 7.54. The number of nitrogens with zero attached hydrogens (tertiary/aromatic N) is 5. The SMILES string of the molecule is CN1CCN(CCCNC(=O)c2cnn(-c3ccc(F)cc3F)c2C2CCN(C(=O)OC(C)(C)C)CC2)CC1. The average molecular weight is 547 g/mol. The molecule has 2 aromatic rings.